The number of piperazine rings is 1. The topological polar surface area (TPSA) is 109 Å². The predicted molar refractivity (Wildman–Crippen MR) is 109 cm³/mol. The third-order valence-corrected chi connectivity index (χ3v) is 5.29. The SMILES string of the molecule is COc1ccc(NC(=O)[C@H](C)[NH+]2CCN(c3ccc(O)cc3)CC2)c([N+](=O)[O-])c1. The second kappa shape index (κ2) is 8.78. The van der Waals surface area contributed by atoms with Crippen LogP contribution in [-0.2, 0) is 4.79 Å². The normalized spacial score (nSPS) is 15.6. The number of quaternary nitrogens is 1. The molecule has 1 aliphatic rings. The third kappa shape index (κ3) is 4.75. The molecule has 0 radical (unpaired) electrons. The highest BCUT2D eigenvalue weighted by Crippen LogP contribution is 2.29. The third-order valence-electron chi connectivity index (χ3n) is 5.29. The van der Waals surface area contributed by atoms with Crippen LogP contribution < -0.4 is 19.9 Å². The Labute approximate surface area is 168 Å². The van der Waals surface area contributed by atoms with Crippen LogP contribution in [0, 0.1) is 10.1 Å². The van der Waals surface area contributed by atoms with Gasteiger partial charge in [0.05, 0.1) is 44.3 Å². The van der Waals surface area contributed by atoms with Gasteiger partial charge in [-0.3, -0.25) is 14.9 Å². The van der Waals surface area contributed by atoms with Gasteiger partial charge in [0.25, 0.3) is 11.6 Å². The maximum absolute atomic E-state index is 12.7. The molecule has 0 unspecified atom stereocenters. The molecule has 9 heteroatoms. The molecule has 154 valence electrons. The number of anilines is 2. The number of nitro benzene ring substituents is 1. The highest BCUT2D eigenvalue weighted by Gasteiger charge is 2.30. The molecular formula is C20H25N4O5+. The van der Waals surface area contributed by atoms with Crippen molar-refractivity contribution in [2.75, 3.05) is 43.5 Å². The van der Waals surface area contributed by atoms with Crippen molar-refractivity contribution in [2.24, 2.45) is 0 Å². The largest absolute Gasteiger partial charge is 0.508 e. The van der Waals surface area contributed by atoms with Gasteiger partial charge in [-0.2, -0.15) is 0 Å². The van der Waals surface area contributed by atoms with Crippen molar-refractivity contribution in [3.8, 4) is 11.5 Å². The summed E-state index contributed by atoms with van der Waals surface area (Å²) in [5, 5.41) is 23.4. The number of phenols is 1. The van der Waals surface area contributed by atoms with Gasteiger partial charge in [-0.05, 0) is 43.3 Å². The molecule has 1 saturated heterocycles. The molecule has 2 aromatic rings. The van der Waals surface area contributed by atoms with Gasteiger partial charge in [-0.25, -0.2) is 0 Å². The zero-order valence-electron chi connectivity index (χ0n) is 16.4. The van der Waals surface area contributed by atoms with Gasteiger partial charge in [0.15, 0.2) is 6.04 Å². The average molecular weight is 401 g/mol. The van der Waals surface area contributed by atoms with Crippen LogP contribution in [0.2, 0.25) is 0 Å². The molecule has 0 aliphatic carbocycles. The number of rotatable bonds is 6. The van der Waals surface area contributed by atoms with Gasteiger partial charge in [0.1, 0.15) is 17.2 Å². The lowest BCUT2D eigenvalue weighted by molar-refractivity contribution is -0.914. The fourth-order valence-electron chi connectivity index (χ4n) is 3.47. The molecule has 1 heterocycles. The van der Waals surface area contributed by atoms with Gasteiger partial charge in [0, 0.05) is 5.69 Å². The van der Waals surface area contributed by atoms with Gasteiger partial charge in [-0.15, -0.1) is 0 Å². The first-order valence-electron chi connectivity index (χ1n) is 9.41. The summed E-state index contributed by atoms with van der Waals surface area (Å²) in [4.78, 5) is 26.8. The van der Waals surface area contributed by atoms with Crippen molar-refractivity contribution in [2.45, 2.75) is 13.0 Å². The molecule has 29 heavy (non-hydrogen) atoms. The van der Waals surface area contributed by atoms with E-state index >= 15 is 0 Å². The minimum atomic E-state index is -0.536. The number of nitrogens with one attached hydrogen (secondary N) is 2. The fraction of sp³-hybridized carbons (Fsp3) is 0.350. The first kappa shape index (κ1) is 20.4. The maximum Gasteiger partial charge on any atom is 0.296 e. The second-order valence-electron chi connectivity index (χ2n) is 7.01. The zero-order chi connectivity index (χ0) is 21.0. The van der Waals surface area contributed by atoms with Crippen LogP contribution in [-0.4, -0.2) is 55.3 Å². The molecule has 1 aliphatic heterocycles. The Hall–Kier alpha value is -3.33. The quantitative estimate of drug-likeness (QED) is 0.493. The van der Waals surface area contributed by atoms with Gasteiger partial charge < -0.3 is 25.0 Å². The molecule has 0 spiro atoms. The van der Waals surface area contributed by atoms with E-state index in [9.17, 15) is 20.0 Å². The van der Waals surface area contributed by atoms with Crippen LogP contribution in [0.4, 0.5) is 17.1 Å². The molecule has 1 fully saturated rings. The fourth-order valence-corrected chi connectivity index (χ4v) is 3.47. The van der Waals surface area contributed by atoms with Crippen molar-refractivity contribution in [1.82, 2.24) is 0 Å². The lowest BCUT2D eigenvalue weighted by Crippen LogP contribution is -3.19. The number of nitrogens with zero attached hydrogens (tertiary/aromatic N) is 2. The number of methoxy groups -OCH3 is 1. The number of benzene rings is 2. The highest BCUT2D eigenvalue weighted by molar-refractivity contribution is 5.95. The molecule has 3 rings (SSSR count). The molecule has 0 aromatic heterocycles. The van der Waals surface area contributed by atoms with Crippen molar-refractivity contribution in [3.05, 3.63) is 52.6 Å². The average Bonchev–Trinajstić information content (AvgIpc) is 2.74. The van der Waals surface area contributed by atoms with Crippen LogP contribution in [0.15, 0.2) is 42.5 Å². The molecule has 3 N–H and O–H groups in total. The van der Waals surface area contributed by atoms with Gasteiger partial charge in [-0.1, -0.05) is 0 Å². The van der Waals surface area contributed by atoms with Gasteiger partial charge in [0.2, 0.25) is 0 Å². The smallest absolute Gasteiger partial charge is 0.296 e. The first-order valence-corrected chi connectivity index (χ1v) is 9.41. The number of amides is 1. The molecular weight excluding hydrogens is 376 g/mol. The Morgan fingerprint density at radius 1 is 1.24 bits per heavy atom. The highest BCUT2D eigenvalue weighted by atomic mass is 16.6. The van der Waals surface area contributed by atoms with E-state index in [1.165, 1.54) is 19.2 Å². The van der Waals surface area contributed by atoms with E-state index in [-0.39, 0.29) is 29.1 Å². The summed E-state index contributed by atoms with van der Waals surface area (Å²) in [5.74, 6) is 0.334. The Morgan fingerprint density at radius 3 is 2.48 bits per heavy atom. The van der Waals surface area contributed by atoms with Crippen LogP contribution in [0.25, 0.3) is 0 Å². The first-order chi connectivity index (χ1) is 13.9. The second-order valence-corrected chi connectivity index (χ2v) is 7.01. The standard InChI is InChI=1S/C20H24N4O5/c1-14(20(26)21-18-8-7-17(29-2)13-19(18)24(27)28)22-9-11-23(12-10-22)15-3-5-16(25)6-4-15/h3-8,13-14,25H,9-12H2,1-2H3,(H,21,26)/p+1/t14-/m0/s1. The molecule has 1 atom stereocenters. The van der Waals surface area contributed by atoms with Crippen molar-refractivity contribution >= 4 is 23.0 Å². The van der Waals surface area contributed by atoms with Gasteiger partial charge >= 0.3 is 0 Å². The molecule has 2 aromatic carbocycles. The monoisotopic (exact) mass is 401 g/mol. The van der Waals surface area contributed by atoms with Crippen LogP contribution in [0.5, 0.6) is 11.5 Å². The summed E-state index contributed by atoms with van der Waals surface area (Å²) in [6, 6.07) is 11.1. The van der Waals surface area contributed by atoms with Crippen molar-refractivity contribution in [3.63, 3.8) is 0 Å². The number of hydrogen-bond acceptors (Lipinski definition) is 6. The lowest BCUT2D eigenvalue weighted by Gasteiger charge is -2.36. The number of aromatic hydroxyl groups is 1. The van der Waals surface area contributed by atoms with E-state index in [4.69, 9.17) is 4.74 Å². The minimum Gasteiger partial charge on any atom is -0.508 e. The van der Waals surface area contributed by atoms with E-state index in [1.807, 2.05) is 19.1 Å². The van der Waals surface area contributed by atoms with Crippen LogP contribution in [0.1, 0.15) is 6.92 Å². The summed E-state index contributed by atoms with van der Waals surface area (Å²) in [7, 11) is 1.43. The van der Waals surface area contributed by atoms with E-state index in [1.54, 1.807) is 18.2 Å². The summed E-state index contributed by atoms with van der Waals surface area (Å²) in [6.07, 6.45) is 0. The summed E-state index contributed by atoms with van der Waals surface area (Å²) < 4.78 is 5.02. The number of carbonyl (C=O) groups is 1. The van der Waals surface area contributed by atoms with Crippen LogP contribution >= 0.6 is 0 Å². The number of phenolic OH excluding ortho intramolecular Hbond substituents is 1. The van der Waals surface area contributed by atoms with E-state index in [0.29, 0.717) is 5.75 Å². The Morgan fingerprint density at radius 2 is 1.90 bits per heavy atom. The predicted octanol–water partition coefficient (Wildman–Crippen LogP) is 1.04. The number of nitro groups is 1. The molecule has 1 amide bonds. The molecule has 0 saturated carbocycles. The molecule has 0 bridgehead atoms. The minimum absolute atomic E-state index is 0.162. The van der Waals surface area contributed by atoms with Crippen molar-refractivity contribution in [1.29, 1.82) is 0 Å². The van der Waals surface area contributed by atoms with E-state index in [2.05, 4.69) is 10.2 Å². The number of carbonyl (C=O) groups excluding carboxylic acids is 1. The summed E-state index contributed by atoms with van der Waals surface area (Å²) in [6.45, 7) is 4.91. The number of hydrogen-bond donors (Lipinski definition) is 3. The Bertz CT molecular complexity index is 879. The Kier molecular flexibility index (Phi) is 6.18. The Balaban J connectivity index is 1.61. The van der Waals surface area contributed by atoms with Crippen LogP contribution in [0.3, 0.4) is 0 Å². The van der Waals surface area contributed by atoms with E-state index in [0.717, 1.165) is 36.8 Å². The summed E-state index contributed by atoms with van der Waals surface area (Å²) in [5.41, 5.74) is 1.000. The zero-order valence-corrected chi connectivity index (χ0v) is 16.4. The van der Waals surface area contributed by atoms with E-state index < -0.39 is 4.92 Å². The van der Waals surface area contributed by atoms with Crippen molar-refractivity contribution < 1.29 is 24.5 Å². The lowest BCUT2D eigenvalue weighted by atomic mass is 10.2. The maximum atomic E-state index is 12.7. The summed E-state index contributed by atoms with van der Waals surface area (Å²) >= 11 is 0. The molecule has 9 nitrogen and oxygen atoms in total. The number of ether oxygens (including phenoxy) is 1.